The Kier molecular flexibility index (Phi) is 17.4. The van der Waals surface area contributed by atoms with Crippen molar-refractivity contribution in [2.45, 2.75) is 82.8 Å². The molecular formula is C16H30NNaO6S. The van der Waals surface area contributed by atoms with Gasteiger partial charge in [-0.25, -0.2) is 8.42 Å². The first-order valence-corrected chi connectivity index (χ1v) is 10.2. The predicted octanol–water partition coefficient (Wildman–Crippen LogP) is -0.756. The fourth-order valence-corrected chi connectivity index (χ4v) is 3.01. The quantitative estimate of drug-likeness (QED) is 0.170. The normalized spacial score (nSPS) is 12.2. The Morgan fingerprint density at radius 2 is 1.40 bits per heavy atom. The molecule has 0 spiro atoms. The standard InChI is InChI=1S/C16H31NO6S.Na/c1-2-3-4-5-6-7-8-9-10-11-12-23-16(19)14(13-15(17)18)24(20,21)22;/h14H,2-13H2,1H3,(H2,17,18)(H,20,21,22);/q;+1/p-1. The van der Waals surface area contributed by atoms with Gasteiger partial charge in [-0.05, 0) is 6.42 Å². The SMILES string of the molecule is CCCCCCCCCCCCOC(=O)C(CC(N)=O)S(=O)(=O)[O-].[Na+]. The molecule has 0 aromatic rings. The van der Waals surface area contributed by atoms with Crippen LogP contribution in [-0.4, -0.2) is 36.7 Å². The summed E-state index contributed by atoms with van der Waals surface area (Å²) in [6.07, 6.45) is 10.3. The third-order valence-electron chi connectivity index (χ3n) is 3.74. The number of nitrogens with two attached hydrogens (primary N) is 1. The van der Waals surface area contributed by atoms with E-state index in [1.54, 1.807) is 0 Å². The predicted molar refractivity (Wildman–Crippen MR) is 90.1 cm³/mol. The summed E-state index contributed by atoms with van der Waals surface area (Å²) in [6.45, 7) is 2.23. The van der Waals surface area contributed by atoms with Crippen LogP contribution in [0.2, 0.25) is 0 Å². The maximum atomic E-state index is 11.6. The maximum absolute atomic E-state index is 11.6. The van der Waals surface area contributed by atoms with Crippen molar-refractivity contribution < 1.29 is 56.9 Å². The minimum Gasteiger partial charge on any atom is -0.747 e. The molecule has 1 unspecified atom stereocenters. The number of carbonyl (C=O) groups excluding carboxylic acids is 2. The molecule has 0 heterocycles. The van der Waals surface area contributed by atoms with Gasteiger partial charge in [-0.2, -0.15) is 0 Å². The van der Waals surface area contributed by atoms with E-state index >= 15 is 0 Å². The van der Waals surface area contributed by atoms with Crippen LogP contribution in [0.15, 0.2) is 0 Å². The van der Waals surface area contributed by atoms with Crippen LogP contribution in [0.3, 0.4) is 0 Å². The summed E-state index contributed by atoms with van der Waals surface area (Å²) in [5, 5.41) is -2.04. The van der Waals surface area contributed by atoms with Crippen molar-refractivity contribution in [1.82, 2.24) is 0 Å². The average molecular weight is 387 g/mol. The van der Waals surface area contributed by atoms with Gasteiger partial charge in [0.25, 0.3) is 0 Å². The molecule has 0 aliphatic rings. The van der Waals surface area contributed by atoms with Gasteiger partial charge in [0.05, 0.1) is 13.0 Å². The van der Waals surface area contributed by atoms with Crippen molar-refractivity contribution in [2.24, 2.45) is 5.73 Å². The second kappa shape index (κ2) is 16.1. The molecule has 0 aliphatic heterocycles. The molecule has 9 heteroatoms. The smallest absolute Gasteiger partial charge is 0.747 e. The average Bonchev–Trinajstić information content (AvgIpc) is 2.48. The van der Waals surface area contributed by atoms with Crippen molar-refractivity contribution >= 4 is 22.0 Å². The molecule has 0 fully saturated rings. The summed E-state index contributed by atoms with van der Waals surface area (Å²) in [5.74, 6) is -2.23. The Labute approximate surface area is 173 Å². The summed E-state index contributed by atoms with van der Waals surface area (Å²) in [7, 11) is -4.95. The maximum Gasteiger partial charge on any atom is 1.00 e. The van der Waals surface area contributed by atoms with E-state index in [1.165, 1.54) is 38.5 Å². The number of carbonyl (C=O) groups is 2. The van der Waals surface area contributed by atoms with Gasteiger partial charge in [0.15, 0.2) is 5.25 Å². The van der Waals surface area contributed by atoms with Crippen LogP contribution in [0.25, 0.3) is 0 Å². The first kappa shape index (κ1) is 27.1. The Hall–Kier alpha value is -0.150. The minimum absolute atomic E-state index is 0. The molecule has 25 heavy (non-hydrogen) atoms. The number of esters is 1. The molecule has 0 saturated carbocycles. The zero-order chi connectivity index (χ0) is 18.4. The van der Waals surface area contributed by atoms with E-state index in [2.05, 4.69) is 6.92 Å². The van der Waals surface area contributed by atoms with Gasteiger partial charge in [-0.3, -0.25) is 9.59 Å². The largest absolute Gasteiger partial charge is 1.00 e. The zero-order valence-electron chi connectivity index (χ0n) is 15.5. The monoisotopic (exact) mass is 387 g/mol. The number of hydrogen-bond donors (Lipinski definition) is 1. The number of hydrogen-bond acceptors (Lipinski definition) is 6. The van der Waals surface area contributed by atoms with Crippen molar-refractivity contribution in [3.63, 3.8) is 0 Å². The van der Waals surface area contributed by atoms with Crippen LogP contribution >= 0.6 is 0 Å². The number of primary amides is 1. The Bertz CT molecular complexity index is 469. The van der Waals surface area contributed by atoms with Crippen molar-refractivity contribution in [3.05, 3.63) is 0 Å². The van der Waals surface area contributed by atoms with E-state index in [1.807, 2.05) is 0 Å². The summed E-state index contributed by atoms with van der Waals surface area (Å²) < 4.78 is 37.6. The molecular weight excluding hydrogens is 357 g/mol. The van der Waals surface area contributed by atoms with E-state index in [4.69, 9.17) is 10.5 Å². The van der Waals surface area contributed by atoms with E-state index in [9.17, 15) is 22.6 Å². The molecule has 0 bridgehead atoms. The molecule has 1 atom stereocenters. The molecule has 142 valence electrons. The fourth-order valence-electron chi connectivity index (χ4n) is 2.34. The van der Waals surface area contributed by atoms with Gasteiger partial charge in [0.2, 0.25) is 5.91 Å². The van der Waals surface area contributed by atoms with Crippen molar-refractivity contribution in [1.29, 1.82) is 0 Å². The van der Waals surface area contributed by atoms with Gasteiger partial charge in [-0.15, -0.1) is 0 Å². The third-order valence-corrected chi connectivity index (χ3v) is 4.80. The topological polar surface area (TPSA) is 127 Å². The van der Waals surface area contributed by atoms with Gasteiger partial charge in [0, 0.05) is 0 Å². The first-order chi connectivity index (χ1) is 11.3. The third kappa shape index (κ3) is 15.8. The second-order valence-corrected chi connectivity index (χ2v) is 7.56. The van der Waals surface area contributed by atoms with Crippen LogP contribution in [0.4, 0.5) is 0 Å². The van der Waals surface area contributed by atoms with E-state index in [0.717, 1.165) is 19.3 Å². The van der Waals surface area contributed by atoms with Gasteiger partial charge in [-0.1, -0.05) is 64.7 Å². The summed E-state index contributed by atoms with van der Waals surface area (Å²) in [5.41, 5.74) is 4.84. The molecule has 1 amide bonds. The van der Waals surface area contributed by atoms with Gasteiger partial charge in [0.1, 0.15) is 10.1 Å². The van der Waals surface area contributed by atoms with E-state index < -0.39 is 33.7 Å². The molecule has 2 N–H and O–H groups in total. The number of rotatable bonds is 15. The summed E-state index contributed by atoms with van der Waals surface area (Å²) >= 11 is 0. The van der Waals surface area contributed by atoms with Crippen LogP contribution in [0, 0.1) is 0 Å². The number of ether oxygens (including phenoxy) is 1. The number of unbranched alkanes of at least 4 members (excludes halogenated alkanes) is 9. The van der Waals surface area contributed by atoms with Crippen LogP contribution in [0.5, 0.6) is 0 Å². The van der Waals surface area contributed by atoms with Crippen LogP contribution in [-0.2, 0) is 24.4 Å². The Morgan fingerprint density at radius 1 is 0.960 bits per heavy atom. The fraction of sp³-hybridized carbons (Fsp3) is 0.875. The van der Waals surface area contributed by atoms with Gasteiger partial charge < -0.3 is 15.0 Å². The number of amides is 1. The molecule has 7 nitrogen and oxygen atoms in total. The molecule has 0 radical (unpaired) electrons. The Balaban J connectivity index is 0. The van der Waals surface area contributed by atoms with Crippen LogP contribution < -0.4 is 35.3 Å². The Morgan fingerprint density at radius 3 is 1.80 bits per heavy atom. The van der Waals surface area contributed by atoms with Crippen LogP contribution in [0.1, 0.15) is 77.6 Å². The molecule has 0 aromatic carbocycles. The second-order valence-electron chi connectivity index (χ2n) is 6.00. The van der Waals surface area contributed by atoms with E-state index in [-0.39, 0.29) is 36.2 Å². The molecule has 0 saturated heterocycles. The summed E-state index contributed by atoms with van der Waals surface area (Å²) in [6, 6.07) is 0. The zero-order valence-corrected chi connectivity index (χ0v) is 18.3. The first-order valence-electron chi connectivity index (χ1n) is 8.68. The van der Waals surface area contributed by atoms with E-state index in [0.29, 0.717) is 6.42 Å². The summed E-state index contributed by atoms with van der Waals surface area (Å²) in [4.78, 5) is 22.3. The molecule has 0 rings (SSSR count). The molecule has 0 aromatic heterocycles. The van der Waals surface area contributed by atoms with Gasteiger partial charge >= 0.3 is 35.5 Å². The van der Waals surface area contributed by atoms with Crippen molar-refractivity contribution in [3.8, 4) is 0 Å². The van der Waals surface area contributed by atoms with Crippen molar-refractivity contribution in [2.75, 3.05) is 6.61 Å². The minimum atomic E-state index is -4.95. The molecule has 0 aliphatic carbocycles.